The predicted octanol–water partition coefficient (Wildman–Crippen LogP) is 6.44. The summed E-state index contributed by atoms with van der Waals surface area (Å²) in [5.41, 5.74) is 4.17. The molecule has 0 radical (unpaired) electrons. The summed E-state index contributed by atoms with van der Waals surface area (Å²) in [6, 6.07) is 24.7. The van der Waals surface area contributed by atoms with Crippen molar-refractivity contribution in [3.63, 3.8) is 0 Å². The minimum absolute atomic E-state index is 0.00323. The van der Waals surface area contributed by atoms with Gasteiger partial charge in [-0.2, -0.15) is 0 Å². The Morgan fingerprint density at radius 3 is 2.00 bits per heavy atom. The highest BCUT2D eigenvalue weighted by Crippen LogP contribution is 2.37. The summed E-state index contributed by atoms with van der Waals surface area (Å²) in [7, 11) is 0. The summed E-state index contributed by atoms with van der Waals surface area (Å²) in [5.74, 6) is -0.0379. The number of benzene rings is 3. The number of anilines is 1. The van der Waals surface area contributed by atoms with Crippen molar-refractivity contribution in [2.24, 2.45) is 0 Å². The van der Waals surface area contributed by atoms with Gasteiger partial charge < -0.3 is 5.32 Å². The van der Waals surface area contributed by atoms with Gasteiger partial charge >= 0.3 is 0 Å². The highest BCUT2D eigenvalue weighted by atomic mass is 16.1. The van der Waals surface area contributed by atoms with E-state index in [2.05, 4.69) is 5.32 Å². The highest BCUT2D eigenvalue weighted by Gasteiger charge is 2.27. The maximum Gasteiger partial charge on any atom is 0.225 e. The SMILES string of the molecule is CC.CC.O=C1CC(c2ccccc2)c2cc(C(=O)c3ccccc3)ccc2N1. The van der Waals surface area contributed by atoms with E-state index in [-0.39, 0.29) is 17.6 Å². The summed E-state index contributed by atoms with van der Waals surface area (Å²) < 4.78 is 0. The molecule has 3 aromatic rings. The van der Waals surface area contributed by atoms with Crippen molar-refractivity contribution in [2.75, 3.05) is 5.32 Å². The van der Waals surface area contributed by atoms with Gasteiger partial charge in [0, 0.05) is 29.2 Å². The van der Waals surface area contributed by atoms with Gasteiger partial charge in [0.25, 0.3) is 0 Å². The van der Waals surface area contributed by atoms with Crippen molar-refractivity contribution in [1.82, 2.24) is 0 Å². The standard InChI is InChI=1S/C22H17NO2.2C2H6/c24-21-14-18(15-7-3-1-4-8-15)19-13-17(11-12-20(19)23-21)22(25)16-9-5-2-6-10-16;2*1-2/h1-13,18H,14H2,(H,23,24);2*1-2H3. The minimum atomic E-state index is -0.0338. The molecule has 3 nitrogen and oxygen atoms in total. The van der Waals surface area contributed by atoms with E-state index < -0.39 is 0 Å². The summed E-state index contributed by atoms with van der Waals surface area (Å²) in [6.07, 6.45) is 0.389. The van der Waals surface area contributed by atoms with Crippen LogP contribution in [0.5, 0.6) is 0 Å². The van der Waals surface area contributed by atoms with Crippen molar-refractivity contribution in [3.8, 4) is 0 Å². The Kier molecular flexibility index (Phi) is 8.35. The molecular weight excluding hydrogens is 358 g/mol. The van der Waals surface area contributed by atoms with Crippen LogP contribution in [0.15, 0.2) is 78.9 Å². The lowest BCUT2D eigenvalue weighted by atomic mass is 9.83. The lowest BCUT2D eigenvalue weighted by molar-refractivity contribution is -0.116. The third-order valence-corrected chi connectivity index (χ3v) is 4.59. The molecule has 1 aliphatic heterocycles. The van der Waals surface area contributed by atoms with Crippen molar-refractivity contribution in [1.29, 1.82) is 0 Å². The lowest BCUT2D eigenvalue weighted by Gasteiger charge is -2.26. The highest BCUT2D eigenvalue weighted by molar-refractivity contribution is 6.09. The molecule has 0 fully saturated rings. The van der Waals surface area contributed by atoms with E-state index in [4.69, 9.17) is 0 Å². The first kappa shape index (κ1) is 22.1. The number of amides is 1. The molecule has 3 heteroatoms. The van der Waals surface area contributed by atoms with Crippen LogP contribution in [0.3, 0.4) is 0 Å². The Bertz CT molecular complexity index is 933. The molecule has 1 aliphatic rings. The van der Waals surface area contributed by atoms with Gasteiger partial charge in [0.15, 0.2) is 5.78 Å². The Morgan fingerprint density at radius 2 is 1.38 bits per heavy atom. The van der Waals surface area contributed by atoms with Gasteiger partial charge in [0.2, 0.25) is 5.91 Å². The van der Waals surface area contributed by atoms with Gasteiger partial charge in [0.1, 0.15) is 0 Å². The van der Waals surface area contributed by atoms with Crippen LogP contribution in [0.4, 0.5) is 5.69 Å². The molecule has 1 atom stereocenters. The Balaban J connectivity index is 0.000000707. The smallest absolute Gasteiger partial charge is 0.225 e. The molecule has 4 rings (SSSR count). The molecule has 0 bridgehead atoms. The Hall–Kier alpha value is -3.20. The predicted molar refractivity (Wildman–Crippen MR) is 121 cm³/mol. The number of ketones is 1. The zero-order valence-electron chi connectivity index (χ0n) is 17.6. The zero-order valence-corrected chi connectivity index (χ0v) is 17.6. The van der Waals surface area contributed by atoms with Crippen LogP contribution in [0.2, 0.25) is 0 Å². The molecular formula is C26H29NO2. The van der Waals surface area contributed by atoms with Gasteiger partial charge in [-0.05, 0) is 29.3 Å². The second-order valence-electron chi connectivity index (χ2n) is 6.21. The number of fused-ring (bicyclic) bond motifs is 1. The molecule has 1 amide bonds. The van der Waals surface area contributed by atoms with Gasteiger partial charge in [-0.3, -0.25) is 9.59 Å². The monoisotopic (exact) mass is 387 g/mol. The Labute approximate surface area is 173 Å². The number of nitrogens with one attached hydrogen (secondary N) is 1. The van der Waals surface area contributed by atoms with Crippen LogP contribution in [0.1, 0.15) is 67.1 Å². The topological polar surface area (TPSA) is 46.2 Å². The average Bonchev–Trinajstić information content (AvgIpc) is 2.81. The quantitative estimate of drug-likeness (QED) is 0.525. The maximum absolute atomic E-state index is 12.8. The van der Waals surface area contributed by atoms with Gasteiger partial charge in [-0.25, -0.2) is 0 Å². The zero-order chi connectivity index (χ0) is 21.2. The maximum atomic E-state index is 12.8. The third kappa shape index (κ3) is 5.20. The van der Waals surface area contributed by atoms with Crippen LogP contribution in [0, 0.1) is 0 Å². The molecule has 0 saturated carbocycles. The van der Waals surface area contributed by atoms with Gasteiger partial charge in [-0.1, -0.05) is 88.4 Å². The summed E-state index contributed by atoms with van der Waals surface area (Å²) >= 11 is 0. The summed E-state index contributed by atoms with van der Waals surface area (Å²) in [4.78, 5) is 24.8. The van der Waals surface area contributed by atoms with Crippen molar-refractivity contribution in [3.05, 3.63) is 101 Å². The normalized spacial score (nSPS) is 14.2. The molecule has 3 aromatic carbocycles. The molecule has 150 valence electrons. The molecule has 1 heterocycles. The van der Waals surface area contributed by atoms with Gasteiger partial charge in [0.05, 0.1) is 0 Å². The molecule has 0 spiro atoms. The fourth-order valence-electron chi connectivity index (χ4n) is 3.34. The molecule has 0 saturated heterocycles. The first-order chi connectivity index (χ1) is 14.2. The van der Waals surface area contributed by atoms with E-state index in [1.54, 1.807) is 6.07 Å². The summed E-state index contributed by atoms with van der Waals surface area (Å²) in [5, 5.41) is 2.92. The second kappa shape index (κ2) is 11.0. The van der Waals surface area contributed by atoms with Crippen LogP contribution in [-0.4, -0.2) is 11.7 Å². The third-order valence-electron chi connectivity index (χ3n) is 4.59. The molecule has 0 aromatic heterocycles. The molecule has 1 N–H and O–H groups in total. The largest absolute Gasteiger partial charge is 0.326 e. The van der Waals surface area contributed by atoms with Gasteiger partial charge in [-0.15, -0.1) is 0 Å². The van der Waals surface area contributed by atoms with E-state index in [0.29, 0.717) is 17.5 Å². The number of hydrogen-bond acceptors (Lipinski definition) is 2. The number of carbonyl (C=O) groups excluding carboxylic acids is 2. The lowest BCUT2D eigenvalue weighted by Crippen LogP contribution is -2.24. The van der Waals surface area contributed by atoms with E-state index in [9.17, 15) is 9.59 Å². The fraction of sp³-hybridized carbons (Fsp3) is 0.231. The van der Waals surface area contributed by atoms with Crippen LogP contribution in [-0.2, 0) is 4.79 Å². The second-order valence-corrected chi connectivity index (χ2v) is 6.21. The Morgan fingerprint density at radius 1 is 0.793 bits per heavy atom. The van der Waals surface area contributed by atoms with E-state index in [1.165, 1.54) is 0 Å². The minimum Gasteiger partial charge on any atom is -0.326 e. The fourth-order valence-corrected chi connectivity index (χ4v) is 3.34. The average molecular weight is 388 g/mol. The van der Waals surface area contributed by atoms with Crippen LogP contribution < -0.4 is 5.32 Å². The van der Waals surface area contributed by atoms with E-state index in [1.807, 2.05) is 100 Å². The number of hydrogen-bond donors (Lipinski definition) is 1. The molecule has 0 aliphatic carbocycles. The van der Waals surface area contributed by atoms with E-state index >= 15 is 0 Å². The van der Waals surface area contributed by atoms with Crippen molar-refractivity contribution >= 4 is 17.4 Å². The first-order valence-corrected chi connectivity index (χ1v) is 10.3. The van der Waals surface area contributed by atoms with Crippen molar-refractivity contribution < 1.29 is 9.59 Å². The number of rotatable bonds is 3. The van der Waals surface area contributed by atoms with Crippen LogP contribution >= 0.6 is 0 Å². The van der Waals surface area contributed by atoms with Crippen LogP contribution in [0.25, 0.3) is 0 Å². The molecule has 29 heavy (non-hydrogen) atoms. The summed E-state index contributed by atoms with van der Waals surface area (Å²) in [6.45, 7) is 8.00. The molecule has 1 unspecified atom stereocenters. The number of carbonyl (C=O) groups is 2. The van der Waals surface area contributed by atoms with E-state index in [0.717, 1.165) is 16.8 Å². The van der Waals surface area contributed by atoms with Crippen molar-refractivity contribution in [2.45, 2.75) is 40.0 Å². The first-order valence-electron chi connectivity index (χ1n) is 10.3.